The standard InChI is InChI=1S/C17H27N3O2/c1-17(2,3)19-16(21)13-6-7-14(18)15(12-13)22-11-10-20-8-4-5-9-20/h6-7,12H,4-5,8-11,18H2,1-3H3,(H,19,21). The van der Waals surface area contributed by atoms with Crippen LogP contribution in [0, 0.1) is 0 Å². The Morgan fingerprint density at radius 3 is 2.64 bits per heavy atom. The van der Waals surface area contributed by atoms with Gasteiger partial charge in [0.1, 0.15) is 12.4 Å². The molecule has 0 aromatic heterocycles. The van der Waals surface area contributed by atoms with Gasteiger partial charge in [-0.1, -0.05) is 0 Å². The van der Waals surface area contributed by atoms with E-state index in [1.807, 2.05) is 20.8 Å². The van der Waals surface area contributed by atoms with Gasteiger partial charge in [-0.15, -0.1) is 0 Å². The van der Waals surface area contributed by atoms with Crippen LogP contribution in [0.1, 0.15) is 44.0 Å². The molecule has 3 N–H and O–H groups in total. The summed E-state index contributed by atoms with van der Waals surface area (Å²) >= 11 is 0. The lowest BCUT2D eigenvalue weighted by molar-refractivity contribution is 0.0919. The highest BCUT2D eigenvalue weighted by molar-refractivity contribution is 5.95. The van der Waals surface area contributed by atoms with Gasteiger partial charge in [-0.25, -0.2) is 0 Å². The first kappa shape index (κ1) is 16.6. The van der Waals surface area contributed by atoms with Gasteiger partial charge in [-0.3, -0.25) is 9.69 Å². The number of carbonyl (C=O) groups is 1. The van der Waals surface area contributed by atoms with Gasteiger partial charge in [-0.05, 0) is 64.9 Å². The fourth-order valence-electron chi connectivity index (χ4n) is 2.50. The van der Waals surface area contributed by atoms with Gasteiger partial charge in [0.05, 0.1) is 5.69 Å². The lowest BCUT2D eigenvalue weighted by Crippen LogP contribution is -2.40. The molecule has 122 valence electrons. The van der Waals surface area contributed by atoms with Crippen LogP contribution in [0.25, 0.3) is 0 Å². The smallest absolute Gasteiger partial charge is 0.251 e. The van der Waals surface area contributed by atoms with Crippen LogP contribution in [0.2, 0.25) is 0 Å². The first-order valence-electron chi connectivity index (χ1n) is 7.92. The number of rotatable bonds is 5. The number of hydrogen-bond donors (Lipinski definition) is 2. The number of anilines is 1. The summed E-state index contributed by atoms with van der Waals surface area (Å²) in [6.07, 6.45) is 2.54. The monoisotopic (exact) mass is 305 g/mol. The van der Waals surface area contributed by atoms with Crippen LogP contribution in [0.4, 0.5) is 5.69 Å². The predicted octanol–water partition coefficient (Wildman–Crippen LogP) is 2.27. The van der Waals surface area contributed by atoms with Gasteiger partial charge in [0.2, 0.25) is 0 Å². The van der Waals surface area contributed by atoms with Crippen molar-refractivity contribution in [2.75, 3.05) is 32.0 Å². The van der Waals surface area contributed by atoms with Gasteiger partial charge in [0.25, 0.3) is 5.91 Å². The van der Waals surface area contributed by atoms with Gasteiger partial charge in [0.15, 0.2) is 0 Å². The third-order valence-corrected chi connectivity index (χ3v) is 3.63. The Kier molecular flexibility index (Phi) is 5.29. The first-order valence-corrected chi connectivity index (χ1v) is 7.92. The maximum atomic E-state index is 12.2. The third kappa shape index (κ3) is 4.91. The second-order valence-electron chi connectivity index (χ2n) is 6.85. The molecule has 0 radical (unpaired) electrons. The summed E-state index contributed by atoms with van der Waals surface area (Å²) in [4.78, 5) is 14.6. The van der Waals surface area contributed by atoms with Crippen molar-refractivity contribution in [1.82, 2.24) is 10.2 Å². The minimum atomic E-state index is -0.269. The highest BCUT2D eigenvalue weighted by Gasteiger charge is 2.17. The number of nitrogens with two attached hydrogens (primary N) is 1. The van der Waals surface area contributed by atoms with Crippen molar-refractivity contribution >= 4 is 11.6 Å². The SMILES string of the molecule is CC(C)(C)NC(=O)c1ccc(N)c(OCCN2CCCC2)c1. The van der Waals surface area contributed by atoms with E-state index in [9.17, 15) is 4.79 Å². The summed E-state index contributed by atoms with van der Waals surface area (Å²) in [5.41, 5.74) is 6.81. The summed E-state index contributed by atoms with van der Waals surface area (Å²) < 4.78 is 5.77. The van der Waals surface area contributed by atoms with E-state index in [-0.39, 0.29) is 11.4 Å². The average Bonchev–Trinajstić information content (AvgIpc) is 2.92. The minimum absolute atomic E-state index is 0.114. The lowest BCUT2D eigenvalue weighted by Gasteiger charge is -2.21. The maximum Gasteiger partial charge on any atom is 0.251 e. The first-order chi connectivity index (χ1) is 10.3. The van der Waals surface area contributed by atoms with Crippen molar-refractivity contribution < 1.29 is 9.53 Å². The molecule has 1 aromatic carbocycles. The molecule has 2 rings (SSSR count). The van der Waals surface area contributed by atoms with Crippen molar-refractivity contribution in [3.05, 3.63) is 23.8 Å². The second kappa shape index (κ2) is 7.01. The summed E-state index contributed by atoms with van der Waals surface area (Å²) in [5.74, 6) is 0.470. The maximum absolute atomic E-state index is 12.2. The van der Waals surface area contributed by atoms with Gasteiger partial charge < -0.3 is 15.8 Å². The average molecular weight is 305 g/mol. The number of nitrogens with one attached hydrogen (secondary N) is 1. The Hall–Kier alpha value is -1.75. The van der Waals surface area contributed by atoms with E-state index in [1.54, 1.807) is 18.2 Å². The van der Waals surface area contributed by atoms with E-state index < -0.39 is 0 Å². The largest absolute Gasteiger partial charge is 0.490 e. The molecule has 1 fully saturated rings. The van der Waals surface area contributed by atoms with Gasteiger partial charge in [0, 0.05) is 17.6 Å². The Balaban J connectivity index is 1.95. The summed E-state index contributed by atoms with van der Waals surface area (Å²) in [5, 5.41) is 2.94. The molecule has 0 aliphatic carbocycles. The van der Waals surface area contributed by atoms with Crippen LogP contribution in [0.3, 0.4) is 0 Å². The molecule has 1 amide bonds. The van der Waals surface area contributed by atoms with Crippen LogP contribution in [-0.2, 0) is 0 Å². The van der Waals surface area contributed by atoms with E-state index in [0.29, 0.717) is 23.6 Å². The molecule has 1 aliphatic heterocycles. The Labute approximate surface area is 132 Å². The van der Waals surface area contributed by atoms with E-state index in [2.05, 4.69) is 10.2 Å². The second-order valence-corrected chi connectivity index (χ2v) is 6.85. The quantitative estimate of drug-likeness (QED) is 0.819. The minimum Gasteiger partial charge on any atom is -0.490 e. The molecule has 0 bridgehead atoms. The number of likely N-dealkylation sites (tertiary alicyclic amines) is 1. The van der Waals surface area contributed by atoms with Crippen LogP contribution >= 0.6 is 0 Å². The van der Waals surface area contributed by atoms with Crippen molar-refractivity contribution in [2.45, 2.75) is 39.2 Å². The van der Waals surface area contributed by atoms with E-state index in [0.717, 1.165) is 19.6 Å². The predicted molar refractivity (Wildman–Crippen MR) is 89.2 cm³/mol. The van der Waals surface area contributed by atoms with E-state index in [1.165, 1.54) is 12.8 Å². The van der Waals surface area contributed by atoms with Crippen molar-refractivity contribution in [3.63, 3.8) is 0 Å². The number of benzene rings is 1. The molecule has 1 aliphatic rings. The van der Waals surface area contributed by atoms with Crippen LogP contribution in [0.5, 0.6) is 5.75 Å². The molecule has 22 heavy (non-hydrogen) atoms. The number of nitrogen functional groups attached to an aromatic ring is 1. The molecule has 5 heteroatoms. The van der Waals surface area contributed by atoms with E-state index in [4.69, 9.17) is 10.5 Å². The normalized spacial score (nSPS) is 15.8. The van der Waals surface area contributed by atoms with Crippen LogP contribution in [0.15, 0.2) is 18.2 Å². The number of hydrogen-bond acceptors (Lipinski definition) is 4. The molecule has 0 spiro atoms. The van der Waals surface area contributed by atoms with Crippen molar-refractivity contribution in [3.8, 4) is 5.75 Å². The zero-order valence-electron chi connectivity index (χ0n) is 13.8. The summed E-state index contributed by atoms with van der Waals surface area (Å²) in [6, 6.07) is 5.17. The summed E-state index contributed by atoms with van der Waals surface area (Å²) in [7, 11) is 0. The fourth-order valence-corrected chi connectivity index (χ4v) is 2.50. The van der Waals surface area contributed by atoms with Crippen molar-refractivity contribution in [1.29, 1.82) is 0 Å². The Morgan fingerprint density at radius 2 is 2.00 bits per heavy atom. The molecule has 1 saturated heterocycles. The van der Waals surface area contributed by atoms with Crippen LogP contribution in [-0.4, -0.2) is 42.6 Å². The highest BCUT2D eigenvalue weighted by atomic mass is 16.5. The highest BCUT2D eigenvalue weighted by Crippen LogP contribution is 2.23. The van der Waals surface area contributed by atoms with Crippen LogP contribution < -0.4 is 15.8 Å². The number of carbonyl (C=O) groups excluding carboxylic acids is 1. The van der Waals surface area contributed by atoms with Gasteiger partial charge in [-0.2, -0.15) is 0 Å². The van der Waals surface area contributed by atoms with Gasteiger partial charge >= 0.3 is 0 Å². The lowest BCUT2D eigenvalue weighted by atomic mass is 10.1. The zero-order chi connectivity index (χ0) is 16.2. The van der Waals surface area contributed by atoms with E-state index >= 15 is 0 Å². The summed E-state index contributed by atoms with van der Waals surface area (Å²) in [6.45, 7) is 9.65. The molecule has 1 aromatic rings. The molecule has 0 unspecified atom stereocenters. The third-order valence-electron chi connectivity index (χ3n) is 3.63. The fraction of sp³-hybridized carbons (Fsp3) is 0.588. The molecule has 1 heterocycles. The Morgan fingerprint density at radius 1 is 1.32 bits per heavy atom. The molecular formula is C17H27N3O2. The topological polar surface area (TPSA) is 67.6 Å². The van der Waals surface area contributed by atoms with Crippen molar-refractivity contribution in [2.24, 2.45) is 0 Å². The zero-order valence-corrected chi connectivity index (χ0v) is 13.8. The molecule has 5 nitrogen and oxygen atoms in total. The Bertz CT molecular complexity index is 517. The number of amides is 1. The number of nitrogens with zero attached hydrogens (tertiary/aromatic N) is 1. The number of ether oxygens (including phenoxy) is 1. The molecule has 0 atom stereocenters. The molecular weight excluding hydrogens is 278 g/mol. The molecule has 0 saturated carbocycles.